The van der Waals surface area contributed by atoms with Gasteiger partial charge in [0.25, 0.3) is 0 Å². The first-order valence-corrected chi connectivity index (χ1v) is 12.1. The van der Waals surface area contributed by atoms with Gasteiger partial charge in [0.05, 0.1) is 16.1 Å². The van der Waals surface area contributed by atoms with Gasteiger partial charge in [-0.3, -0.25) is 9.69 Å². The summed E-state index contributed by atoms with van der Waals surface area (Å²) in [6.45, 7) is 7.30. The molecular formula is C27H29ClFN3OS. The molecule has 0 aliphatic carbocycles. The van der Waals surface area contributed by atoms with E-state index in [1.54, 1.807) is 11.0 Å². The number of hydrogen-bond acceptors (Lipinski definition) is 4. The average Bonchev–Trinajstić information content (AvgIpc) is 3.26. The molecule has 0 N–H and O–H groups in total. The van der Waals surface area contributed by atoms with E-state index in [2.05, 4.69) is 18.7 Å². The van der Waals surface area contributed by atoms with Gasteiger partial charge in [0.15, 0.2) is 5.13 Å². The van der Waals surface area contributed by atoms with Crippen molar-refractivity contribution in [1.29, 1.82) is 0 Å². The van der Waals surface area contributed by atoms with E-state index in [-0.39, 0.29) is 24.1 Å². The summed E-state index contributed by atoms with van der Waals surface area (Å²) in [5, 5.41) is 0.601. The molecule has 0 saturated heterocycles. The predicted octanol–water partition coefficient (Wildman–Crippen LogP) is 6.36. The van der Waals surface area contributed by atoms with Crippen LogP contribution >= 0.6 is 23.7 Å². The Bertz CT molecular complexity index is 1160. The molecule has 1 amide bonds. The third kappa shape index (κ3) is 5.81. The lowest BCUT2D eigenvalue weighted by Gasteiger charge is -2.28. The topological polar surface area (TPSA) is 36.4 Å². The highest BCUT2D eigenvalue weighted by Gasteiger charge is 2.30. The van der Waals surface area contributed by atoms with Crippen LogP contribution in [0.25, 0.3) is 10.2 Å². The quantitative estimate of drug-likeness (QED) is 0.270. The van der Waals surface area contributed by atoms with Crippen LogP contribution in [0.5, 0.6) is 0 Å². The Labute approximate surface area is 210 Å². The van der Waals surface area contributed by atoms with Crippen molar-refractivity contribution in [3.05, 3.63) is 95.8 Å². The molecule has 3 aromatic carbocycles. The van der Waals surface area contributed by atoms with Crippen LogP contribution in [0.2, 0.25) is 0 Å². The minimum absolute atomic E-state index is 0. The number of fused-ring (bicyclic) bond motifs is 1. The molecule has 0 atom stereocenters. The molecule has 34 heavy (non-hydrogen) atoms. The van der Waals surface area contributed by atoms with E-state index in [0.29, 0.717) is 17.2 Å². The van der Waals surface area contributed by atoms with Gasteiger partial charge in [-0.2, -0.15) is 0 Å². The van der Waals surface area contributed by atoms with Crippen LogP contribution in [0, 0.1) is 5.82 Å². The first-order chi connectivity index (χ1) is 16.1. The molecule has 7 heteroatoms. The number of likely N-dealkylation sites (N-methyl/N-ethyl adjacent to an activating group) is 1. The zero-order valence-electron chi connectivity index (χ0n) is 19.4. The summed E-state index contributed by atoms with van der Waals surface area (Å²) in [5.74, 6) is -0.780. The van der Waals surface area contributed by atoms with Crippen molar-refractivity contribution in [3.8, 4) is 0 Å². The number of carbonyl (C=O) groups excluding carboxylic acids is 1. The van der Waals surface area contributed by atoms with Gasteiger partial charge in [-0.05, 0) is 42.4 Å². The molecule has 0 radical (unpaired) electrons. The standard InChI is InChI=1S/C27H28FN3OS.ClH/c1-3-30(4-2)17-18-31(27-29-23-16-15-22(28)19-24(23)33-27)26(32)25(20-11-7-5-8-12-20)21-13-9-6-10-14-21;/h5-16,19,25H,3-4,17-18H2,1-2H3;1H. The molecule has 0 fully saturated rings. The average molecular weight is 498 g/mol. The van der Waals surface area contributed by atoms with Gasteiger partial charge in [0, 0.05) is 13.1 Å². The zero-order valence-corrected chi connectivity index (χ0v) is 21.0. The Morgan fingerprint density at radius 2 is 1.50 bits per heavy atom. The van der Waals surface area contributed by atoms with E-state index in [1.807, 2.05) is 60.7 Å². The lowest BCUT2D eigenvalue weighted by atomic mass is 9.90. The van der Waals surface area contributed by atoms with Crippen LogP contribution < -0.4 is 4.90 Å². The minimum Gasteiger partial charge on any atom is -0.302 e. The SMILES string of the molecule is CCN(CC)CCN(C(=O)C(c1ccccc1)c1ccccc1)c1nc2ccc(F)cc2s1.Cl. The molecule has 4 rings (SSSR count). The Kier molecular flexibility index (Phi) is 9.16. The van der Waals surface area contributed by atoms with Crippen molar-refractivity contribution >= 4 is 45.0 Å². The largest absolute Gasteiger partial charge is 0.302 e. The second-order valence-electron chi connectivity index (χ2n) is 7.88. The first-order valence-electron chi connectivity index (χ1n) is 11.3. The number of amides is 1. The van der Waals surface area contributed by atoms with Gasteiger partial charge in [0.1, 0.15) is 5.82 Å². The van der Waals surface area contributed by atoms with Crippen molar-refractivity contribution in [3.63, 3.8) is 0 Å². The molecule has 4 aromatic rings. The number of nitrogens with zero attached hydrogens (tertiary/aromatic N) is 3. The molecule has 1 heterocycles. The van der Waals surface area contributed by atoms with E-state index in [4.69, 9.17) is 4.98 Å². The Balaban J connectivity index is 0.00000324. The second-order valence-corrected chi connectivity index (χ2v) is 8.89. The van der Waals surface area contributed by atoms with Gasteiger partial charge in [-0.15, -0.1) is 12.4 Å². The van der Waals surface area contributed by atoms with Crippen LogP contribution in [-0.2, 0) is 4.79 Å². The van der Waals surface area contributed by atoms with E-state index in [1.165, 1.54) is 23.5 Å². The fraction of sp³-hybridized carbons (Fsp3) is 0.259. The molecule has 0 spiro atoms. The smallest absolute Gasteiger partial charge is 0.240 e. The zero-order chi connectivity index (χ0) is 23.2. The third-order valence-electron chi connectivity index (χ3n) is 5.88. The predicted molar refractivity (Wildman–Crippen MR) is 142 cm³/mol. The van der Waals surface area contributed by atoms with Crippen LogP contribution in [-0.4, -0.2) is 42.0 Å². The summed E-state index contributed by atoms with van der Waals surface area (Å²) in [6.07, 6.45) is 0. The summed E-state index contributed by atoms with van der Waals surface area (Å²) < 4.78 is 14.6. The maximum Gasteiger partial charge on any atom is 0.240 e. The van der Waals surface area contributed by atoms with Crippen molar-refractivity contribution in [1.82, 2.24) is 9.88 Å². The molecule has 1 aromatic heterocycles. The second kappa shape index (κ2) is 12.1. The van der Waals surface area contributed by atoms with E-state index < -0.39 is 5.92 Å². The minimum atomic E-state index is -0.451. The number of anilines is 1. The summed E-state index contributed by atoms with van der Waals surface area (Å²) >= 11 is 1.36. The molecule has 178 valence electrons. The number of carbonyl (C=O) groups is 1. The molecule has 0 unspecified atom stereocenters. The van der Waals surface area contributed by atoms with Crippen LogP contribution in [0.4, 0.5) is 9.52 Å². The highest BCUT2D eigenvalue weighted by molar-refractivity contribution is 7.22. The molecule has 0 saturated carbocycles. The third-order valence-corrected chi connectivity index (χ3v) is 6.92. The van der Waals surface area contributed by atoms with Crippen molar-refractivity contribution in [2.75, 3.05) is 31.1 Å². The lowest BCUT2D eigenvalue weighted by molar-refractivity contribution is -0.119. The molecule has 4 nitrogen and oxygen atoms in total. The van der Waals surface area contributed by atoms with E-state index in [9.17, 15) is 9.18 Å². The number of aromatic nitrogens is 1. The summed E-state index contributed by atoms with van der Waals surface area (Å²) in [4.78, 5) is 23.0. The highest BCUT2D eigenvalue weighted by atomic mass is 35.5. The number of thiazole rings is 1. The maximum absolute atomic E-state index is 14.2. The molecule has 0 aliphatic heterocycles. The summed E-state index contributed by atoms with van der Waals surface area (Å²) in [7, 11) is 0. The summed E-state index contributed by atoms with van der Waals surface area (Å²) in [5.41, 5.74) is 2.58. The van der Waals surface area contributed by atoms with E-state index >= 15 is 0 Å². The Morgan fingerprint density at radius 3 is 2.06 bits per heavy atom. The molecule has 0 bridgehead atoms. The van der Waals surface area contributed by atoms with Gasteiger partial charge in [-0.25, -0.2) is 9.37 Å². The van der Waals surface area contributed by atoms with Gasteiger partial charge in [0.2, 0.25) is 5.91 Å². The fourth-order valence-electron chi connectivity index (χ4n) is 4.01. The van der Waals surface area contributed by atoms with Crippen molar-refractivity contribution in [2.45, 2.75) is 19.8 Å². The van der Waals surface area contributed by atoms with Gasteiger partial charge >= 0.3 is 0 Å². The number of halogens is 2. The van der Waals surface area contributed by atoms with Crippen LogP contribution in [0.1, 0.15) is 30.9 Å². The lowest BCUT2D eigenvalue weighted by Crippen LogP contribution is -2.41. The Morgan fingerprint density at radius 1 is 0.912 bits per heavy atom. The van der Waals surface area contributed by atoms with Crippen LogP contribution in [0.15, 0.2) is 78.9 Å². The molecular weight excluding hydrogens is 469 g/mol. The van der Waals surface area contributed by atoms with Gasteiger partial charge < -0.3 is 4.90 Å². The maximum atomic E-state index is 14.2. The number of rotatable bonds is 9. The van der Waals surface area contributed by atoms with Gasteiger partial charge in [-0.1, -0.05) is 85.8 Å². The van der Waals surface area contributed by atoms with Crippen LogP contribution in [0.3, 0.4) is 0 Å². The fourth-order valence-corrected chi connectivity index (χ4v) is 5.03. The number of hydrogen-bond donors (Lipinski definition) is 0. The first kappa shape index (κ1) is 25.8. The van der Waals surface area contributed by atoms with Crippen molar-refractivity contribution in [2.24, 2.45) is 0 Å². The Hall–Kier alpha value is -2.80. The highest BCUT2D eigenvalue weighted by Crippen LogP contribution is 2.33. The monoisotopic (exact) mass is 497 g/mol. The van der Waals surface area contributed by atoms with E-state index in [0.717, 1.165) is 35.5 Å². The summed E-state index contributed by atoms with van der Waals surface area (Å²) in [6, 6.07) is 24.3. The normalized spacial score (nSPS) is 11.1. The molecule has 0 aliphatic rings. The van der Waals surface area contributed by atoms with Crippen molar-refractivity contribution < 1.29 is 9.18 Å². The number of benzene rings is 3.